The van der Waals surface area contributed by atoms with E-state index in [1.54, 1.807) is 30.3 Å². The van der Waals surface area contributed by atoms with Crippen molar-refractivity contribution in [1.29, 1.82) is 0 Å². The van der Waals surface area contributed by atoms with Gasteiger partial charge in [0, 0.05) is 27.9 Å². The van der Waals surface area contributed by atoms with E-state index in [4.69, 9.17) is 0 Å². The molecule has 0 aliphatic carbocycles. The zero-order chi connectivity index (χ0) is 20.0. The molecular weight excluding hydrogens is 475 g/mol. The van der Waals surface area contributed by atoms with Crippen LogP contribution in [0.2, 0.25) is 0 Å². The van der Waals surface area contributed by atoms with E-state index in [9.17, 15) is 13.2 Å². The Morgan fingerprint density at radius 1 is 1.04 bits per heavy atom. The van der Waals surface area contributed by atoms with Crippen LogP contribution in [0.1, 0.15) is 42.6 Å². The van der Waals surface area contributed by atoms with Gasteiger partial charge in [0.25, 0.3) is 5.91 Å². The maximum atomic E-state index is 12.8. The summed E-state index contributed by atoms with van der Waals surface area (Å²) < 4.78 is 28.1. The second kappa shape index (κ2) is 9.66. The Balaban J connectivity index is 2.16. The molecule has 0 saturated heterocycles. The molecular formula is C20H25IN2O3S. The van der Waals surface area contributed by atoms with Gasteiger partial charge in [0.15, 0.2) is 0 Å². The largest absolute Gasteiger partial charge is 0.322 e. The van der Waals surface area contributed by atoms with Crippen LogP contribution in [0.25, 0.3) is 0 Å². The van der Waals surface area contributed by atoms with Gasteiger partial charge in [0.1, 0.15) is 0 Å². The molecule has 0 aliphatic rings. The fraction of sp³-hybridized carbons (Fsp3) is 0.350. The predicted molar refractivity (Wildman–Crippen MR) is 118 cm³/mol. The van der Waals surface area contributed by atoms with E-state index in [-0.39, 0.29) is 10.8 Å². The number of hydrogen-bond acceptors (Lipinski definition) is 3. The molecule has 0 heterocycles. The van der Waals surface area contributed by atoms with Crippen molar-refractivity contribution in [2.75, 3.05) is 18.4 Å². The van der Waals surface area contributed by atoms with Gasteiger partial charge < -0.3 is 5.32 Å². The number of nitrogens with zero attached hydrogens (tertiary/aromatic N) is 1. The van der Waals surface area contributed by atoms with E-state index >= 15 is 0 Å². The van der Waals surface area contributed by atoms with E-state index in [0.29, 0.717) is 24.3 Å². The smallest absolute Gasteiger partial charge is 0.255 e. The van der Waals surface area contributed by atoms with Gasteiger partial charge in [-0.1, -0.05) is 19.9 Å². The number of nitrogens with one attached hydrogen (secondary N) is 1. The Hall–Kier alpha value is -1.45. The highest BCUT2D eigenvalue weighted by atomic mass is 127. The Morgan fingerprint density at radius 2 is 1.63 bits per heavy atom. The summed E-state index contributed by atoms with van der Waals surface area (Å²) in [5.74, 6) is -0.220. The van der Waals surface area contributed by atoms with Gasteiger partial charge in [0.2, 0.25) is 10.0 Å². The summed E-state index contributed by atoms with van der Waals surface area (Å²) in [6.45, 7) is 6.91. The van der Waals surface area contributed by atoms with Crippen LogP contribution in [-0.2, 0) is 10.0 Å². The molecule has 146 valence electrons. The first-order chi connectivity index (χ1) is 12.8. The van der Waals surface area contributed by atoms with Crippen LogP contribution in [0.15, 0.2) is 47.4 Å². The lowest BCUT2D eigenvalue weighted by Crippen LogP contribution is -2.32. The SMILES string of the molecule is CCCN(CCC)S(=O)(=O)c1ccc(NC(=O)c2ccc(C)c(I)c2)cc1. The molecule has 2 aromatic carbocycles. The van der Waals surface area contributed by atoms with E-state index in [0.717, 1.165) is 22.0 Å². The maximum Gasteiger partial charge on any atom is 0.255 e. The van der Waals surface area contributed by atoms with Crippen LogP contribution >= 0.6 is 22.6 Å². The lowest BCUT2D eigenvalue weighted by Gasteiger charge is -2.21. The summed E-state index contributed by atoms with van der Waals surface area (Å²) in [6.07, 6.45) is 1.53. The van der Waals surface area contributed by atoms with Crippen LogP contribution in [0.5, 0.6) is 0 Å². The number of carbonyl (C=O) groups is 1. The molecule has 0 aromatic heterocycles. The molecule has 5 nitrogen and oxygen atoms in total. The first-order valence-electron chi connectivity index (χ1n) is 8.97. The van der Waals surface area contributed by atoms with Gasteiger partial charge in [-0.2, -0.15) is 4.31 Å². The highest BCUT2D eigenvalue weighted by Gasteiger charge is 2.22. The van der Waals surface area contributed by atoms with Crippen molar-refractivity contribution in [1.82, 2.24) is 4.31 Å². The average Bonchev–Trinajstić information content (AvgIpc) is 2.64. The highest BCUT2D eigenvalue weighted by molar-refractivity contribution is 14.1. The molecule has 0 radical (unpaired) electrons. The van der Waals surface area contributed by atoms with Crippen molar-refractivity contribution in [3.63, 3.8) is 0 Å². The average molecular weight is 500 g/mol. The summed E-state index contributed by atoms with van der Waals surface area (Å²) in [4.78, 5) is 12.6. The van der Waals surface area contributed by atoms with Crippen molar-refractivity contribution in [2.24, 2.45) is 0 Å². The summed E-state index contributed by atoms with van der Waals surface area (Å²) >= 11 is 2.20. The maximum absolute atomic E-state index is 12.8. The van der Waals surface area contributed by atoms with Gasteiger partial charge >= 0.3 is 0 Å². The monoisotopic (exact) mass is 500 g/mol. The number of hydrogen-bond donors (Lipinski definition) is 1. The third-order valence-corrected chi connectivity index (χ3v) is 7.21. The number of rotatable bonds is 8. The summed E-state index contributed by atoms with van der Waals surface area (Å²) in [5, 5.41) is 2.81. The van der Waals surface area contributed by atoms with Crippen LogP contribution in [0.4, 0.5) is 5.69 Å². The van der Waals surface area contributed by atoms with Crippen LogP contribution < -0.4 is 5.32 Å². The highest BCUT2D eigenvalue weighted by Crippen LogP contribution is 2.20. The van der Waals surface area contributed by atoms with E-state index in [1.165, 1.54) is 4.31 Å². The number of amides is 1. The van der Waals surface area contributed by atoms with Crippen molar-refractivity contribution in [3.05, 3.63) is 57.2 Å². The van der Waals surface area contributed by atoms with E-state index < -0.39 is 10.0 Å². The second-order valence-electron chi connectivity index (χ2n) is 6.35. The minimum atomic E-state index is -3.51. The quantitative estimate of drug-likeness (QED) is 0.537. The first-order valence-corrected chi connectivity index (χ1v) is 11.5. The van der Waals surface area contributed by atoms with Gasteiger partial charge in [-0.15, -0.1) is 0 Å². The summed E-state index contributed by atoms with van der Waals surface area (Å²) in [5.41, 5.74) is 2.25. The Morgan fingerprint density at radius 3 is 2.15 bits per heavy atom. The molecule has 0 spiro atoms. The number of halogens is 1. The van der Waals surface area contributed by atoms with Crippen LogP contribution in [0, 0.1) is 10.5 Å². The van der Waals surface area contributed by atoms with Crippen molar-refractivity contribution in [2.45, 2.75) is 38.5 Å². The molecule has 0 bridgehead atoms. The second-order valence-corrected chi connectivity index (χ2v) is 9.45. The zero-order valence-corrected chi connectivity index (χ0v) is 18.8. The lowest BCUT2D eigenvalue weighted by molar-refractivity contribution is 0.102. The number of carbonyl (C=O) groups excluding carboxylic acids is 1. The molecule has 0 atom stereocenters. The molecule has 0 fully saturated rings. The number of aryl methyl sites for hydroxylation is 1. The number of anilines is 1. The molecule has 2 rings (SSSR count). The molecule has 0 unspecified atom stereocenters. The topological polar surface area (TPSA) is 66.5 Å². The van der Waals surface area contributed by atoms with Crippen molar-refractivity contribution in [3.8, 4) is 0 Å². The third-order valence-electron chi connectivity index (χ3n) is 4.13. The fourth-order valence-corrected chi connectivity index (χ4v) is 4.79. The van der Waals surface area contributed by atoms with Gasteiger partial charge in [-0.25, -0.2) is 8.42 Å². The molecule has 27 heavy (non-hydrogen) atoms. The molecule has 7 heteroatoms. The third kappa shape index (κ3) is 5.52. The Kier molecular flexibility index (Phi) is 7.81. The normalized spacial score (nSPS) is 11.6. The summed E-state index contributed by atoms with van der Waals surface area (Å²) in [6, 6.07) is 11.9. The Bertz CT molecular complexity index is 890. The Labute approximate surface area is 175 Å². The standard InChI is InChI=1S/C20H25IN2O3S/c1-4-12-23(13-5-2)27(25,26)18-10-8-17(9-11-18)22-20(24)16-7-6-15(3)19(21)14-16/h6-11,14H,4-5,12-13H2,1-3H3,(H,22,24). The molecule has 0 aliphatic heterocycles. The predicted octanol–water partition coefficient (Wildman–Crippen LogP) is 4.66. The minimum Gasteiger partial charge on any atom is -0.322 e. The van der Waals surface area contributed by atoms with Crippen LogP contribution in [-0.4, -0.2) is 31.7 Å². The molecule has 2 aromatic rings. The van der Waals surface area contributed by atoms with Crippen molar-refractivity contribution >= 4 is 44.2 Å². The lowest BCUT2D eigenvalue weighted by atomic mass is 10.1. The fourth-order valence-electron chi connectivity index (χ4n) is 2.65. The summed E-state index contributed by atoms with van der Waals surface area (Å²) in [7, 11) is -3.51. The minimum absolute atomic E-state index is 0.220. The van der Waals surface area contributed by atoms with Crippen LogP contribution in [0.3, 0.4) is 0 Å². The zero-order valence-electron chi connectivity index (χ0n) is 15.8. The van der Waals surface area contributed by atoms with Crippen molar-refractivity contribution < 1.29 is 13.2 Å². The van der Waals surface area contributed by atoms with E-state index in [1.807, 2.05) is 32.9 Å². The van der Waals surface area contributed by atoms with Gasteiger partial charge in [-0.3, -0.25) is 4.79 Å². The first kappa shape index (κ1) is 21.8. The van der Waals surface area contributed by atoms with E-state index in [2.05, 4.69) is 27.9 Å². The van der Waals surface area contributed by atoms with Gasteiger partial charge in [0.05, 0.1) is 4.90 Å². The van der Waals surface area contributed by atoms with Gasteiger partial charge in [-0.05, 0) is 84.3 Å². The number of benzene rings is 2. The number of sulfonamides is 1. The molecule has 0 saturated carbocycles. The molecule has 1 amide bonds. The molecule has 1 N–H and O–H groups in total.